The van der Waals surface area contributed by atoms with E-state index in [0.29, 0.717) is 23.0 Å². The second kappa shape index (κ2) is 19.6. The van der Waals surface area contributed by atoms with Crippen molar-refractivity contribution in [2.24, 2.45) is 11.8 Å². The zero-order chi connectivity index (χ0) is 27.5. The summed E-state index contributed by atoms with van der Waals surface area (Å²) in [6.45, 7) is 4.37. The van der Waals surface area contributed by atoms with E-state index in [-0.39, 0.29) is 133 Å². The zero-order valence-corrected chi connectivity index (χ0v) is 30.9. The van der Waals surface area contributed by atoms with Crippen LogP contribution in [-0.2, 0) is 28.7 Å². The molecule has 45 heavy (non-hydrogen) atoms. The van der Waals surface area contributed by atoms with E-state index in [0.717, 1.165) is 25.7 Å². The fourth-order valence-electron chi connectivity index (χ4n) is 5.64. The molecule has 2 amide bonds. The number of fused-ring (bicyclic) bond motifs is 2. The largest absolute Gasteiger partial charge is 0.477 e. The molecule has 6 rings (SSSR count). The number of thioether (sulfide) groups is 2. The number of hydrogen-bond donors (Lipinski definition) is 4. The third-order valence-corrected chi connectivity index (χ3v) is 10.4. The maximum Gasteiger partial charge on any atom is 0.353 e. The van der Waals surface area contributed by atoms with Gasteiger partial charge in [-0.05, 0) is 39.5 Å². The van der Waals surface area contributed by atoms with E-state index in [1.165, 1.54) is 33.3 Å². The Morgan fingerprint density at radius 2 is 1.02 bits per heavy atom. The summed E-state index contributed by atoms with van der Waals surface area (Å²) in [5.74, 6) is -3.84. The molecule has 6 heterocycles. The molecule has 14 N–H and O–H groups in total. The van der Waals surface area contributed by atoms with E-state index >= 15 is 0 Å². The average Bonchev–Trinajstić information content (AvgIpc) is 3.61. The van der Waals surface area contributed by atoms with Crippen molar-refractivity contribution in [3.8, 4) is 0 Å². The van der Waals surface area contributed by atoms with Gasteiger partial charge in [-0.1, -0.05) is 23.5 Å². The quantitative estimate of drug-likeness (QED) is 0.151. The van der Waals surface area contributed by atoms with Gasteiger partial charge in [0.1, 0.15) is 22.1 Å². The van der Waals surface area contributed by atoms with Gasteiger partial charge in [0.25, 0.3) is 0 Å². The summed E-state index contributed by atoms with van der Waals surface area (Å²) in [5.41, 5.74) is 0.0904. The zero-order valence-electron chi connectivity index (χ0n) is 25.3. The van der Waals surface area contributed by atoms with Crippen LogP contribution in [0.5, 0.6) is 0 Å². The van der Waals surface area contributed by atoms with E-state index in [9.17, 15) is 39.6 Å². The van der Waals surface area contributed by atoms with Gasteiger partial charge in [-0.25, -0.2) is 9.59 Å². The van der Waals surface area contributed by atoms with Crippen LogP contribution in [0.3, 0.4) is 0 Å². The summed E-state index contributed by atoms with van der Waals surface area (Å²) in [6, 6.07) is 0. The van der Waals surface area contributed by atoms with Crippen LogP contribution >= 0.6 is 23.5 Å². The Bertz CT molecular complexity index is 1040. The minimum absolute atomic E-state index is 0. The number of aliphatic hydroxyl groups excluding tert-OH is 2. The van der Waals surface area contributed by atoms with Crippen molar-refractivity contribution < 1.29 is 76.5 Å². The molecule has 17 nitrogen and oxygen atoms in total. The van der Waals surface area contributed by atoms with Crippen molar-refractivity contribution in [3.63, 3.8) is 0 Å². The molecular formula is C24H40N2Na2O15S2. The monoisotopic (exact) mass is 706 g/mol. The predicted octanol–water partition coefficient (Wildman–Crippen LogP) is -4.14. The molecule has 2 radical (unpaired) electrons. The molecule has 0 unspecified atom stereocenters. The number of carboxylic acids is 2. The van der Waals surface area contributed by atoms with Gasteiger partial charge in [0.05, 0.1) is 36.3 Å². The Morgan fingerprint density at radius 1 is 0.711 bits per heavy atom. The standard InChI is InChI=1S/2C12H15NO5S.2Na.5H2O/c2*1-5(14)7-10(15)13-8(12(16)17)9(19-11(7)13)6-3-2-4-18-6;;;;;;;/h2*5-7,11,14H,2-4H2,1H3,(H,16,17);;;5*1H2/t2*5-,6-,7+,11-;;;;;;;/m11......./s1. The number of aliphatic hydroxyl groups is 2. The van der Waals surface area contributed by atoms with E-state index in [1.54, 1.807) is 13.8 Å². The maximum atomic E-state index is 12.0. The first-order valence-electron chi connectivity index (χ1n) is 12.6. The van der Waals surface area contributed by atoms with Crippen molar-refractivity contribution >= 4 is 106 Å². The number of β-lactam (4-membered cyclic amide) rings is 2. The number of ether oxygens (including phenoxy) is 2. The van der Waals surface area contributed by atoms with Crippen molar-refractivity contribution in [1.29, 1.82) is 0 Å². The number of amides is 2. The second-order valence-electron chi connectivity index (χ2n) is 10.0. The van der Waals surface area contributed by atoms with E-state index in [4.69, 9.17) is 9.47 Å². The third-order valence-electron chi connectivity index (χ3n) is 7.50. The number of aliphatic carboxylic acids is 2. The van der Waals surface area contributed by atoms with Gasteiger partial charge in [-0.3, -0.25) is 19.4 Å². The third kappa shape index (κ3) is 8.66. The number of rotatable bonds is 6. The molecule has 6 aliphatic heterocycles. The van der Waals surface area contributed by atoms with Crippen LogP contribution in [0.1, 0.15) is 39.5 Å². The minimum atomic E-state index is -1.10. The van der Waals surface area contributed by atoms with Gasteiger partial charge < -0.3 is 57.3 Å². The summed E-state index contributed by atoms with van der Waals surface area (Å²) in [4.78, 5) is 50.6. The second-order valence-corrected chi connectivity index (χ2v) is 12.3. The Balaban J connectivity index is -0.000000678. The van der Waals surface area contributed by atoms with Crippen LogP contribution in [0, 0.1) is 11.8 Å². The van der Waals surface area contributed by atoms with Gasteiger partial charge in [0.15, 0.2) is 0 Å². The molecule has 4 saturated heterocycles. The molecule has 4 fully saturated rings. The van der Waals surface area contributed by atoms with Crippen LogP contribution in [0.2, 0.25) is 0 Å². The summed E-state index contributed by atoms with van der Waals surface area (Å²) >= 11 is 2.71. The topological polar surface area (TPSA) is 332 Å². The van der Waals surface area contributed by atoms with Crippen LogP contribution in [0.4, 0.5) is 0 Å². The molecule has 0 bridgehead atoms. The van der Waals surface area contributed by atoms with Crippen molar-refractivity contribution in [1.82, 2.24) is 9.80 Å². The van der Waals surface area contributed by atoms with E-state index in [2.05, 4.69) is 0 Å². The molecule has 0 aromatic heterocycles. The smallest absolute Gasteiger partial charge is 0.353 e. The number of nitrogens with zero attached hydrogens (tertiary/aromatic N) is 2. The SMILES string of the molecule is C[C@@H](O)[C@H]1C(=O)N2C(C(=O)O)=C([C@H]3CCCO3)S[C@H]12.C[C@@H](O)[C@H]1C(=O)N2C(C(=O)O)=C([C@H]3CCCO3)S[C@H]12.O.O.O.O.O.[Na].[Na]. The van der Waals surface area contributed by atoms with Crippen LogP contribution < -0.4 is 0 Å². The van der Waals surface area contributed by atoms with Gasteiger partial charge in [-0.15, -0.1) is 0 Å². The van der Waals surface area contributed by atoms with Crippen LogP contribution in [-0.4, -0.2) is 189 Å². The van der Waals surface area contributed by atoms with Gasteiger partial charge in [0, 0.05) is 82.1 Å². The number of carboxylic acid groups (broad SMARTS) is 2. The molecule has 250 valence electrons. The molecule has 8 atom stereocenters. The first-order valence-corrected chi connectivity index (χ1v) is 14.3. The van der Waals surface area contributed by atoms with Crippen LogP contribution in [0.25, 0.3) is 0 Å². The van der Waals surface area contributed by atoms with Gasteiger partial charge in [-0.2, -0.15) is 0 Å². The Labute approximate surface area is 311 Å². The molecule has 6 aliphatic rings. The molecule has 0 saturated carbocycles. The van der Waals surface area contributed by atoms with Crippen molar-refractivity contribution in [2.75, 3.05) is 13.2 Å². The van der Waals surface area contributed by atoms with Gasteiger partial charge in [0.2, 0.25) is 11.8 Å². The molecule has 0 aliphatic carbocycles. The molecular weight excluding hydrogens is 666 g/mol. The van der Waals surface area contributed by atoms with Crippen LogP contribution in [0.15, 0.2) is 21.2 Å². The first kappa shape index (κ1) is 49.1. The first-order chi connectivity index (χ1) is 18.0. The summed E-state index contributed by atoms with van der Waals surface area (Å²) in [6.07, 6.45) is 1.41. The Hall–Kier alpha value is -0.300. The molecule has 21 heteroatoms. The fourth-order valence-corrected chi connectivity index (χ4v) is 9.04. The Kier molecular flexibility index (Phi) is 21.4. The van der Waals surface area contributed by atoms with Crippen molar-refractivity contribution in [3.05, 3.63) is 21.2 Å². The van der Waals surface area contributed by atoms with E-state index < -0.39 is 36.0 Å². The molecule has 0 spiro atoms. The number of carbonyl (C=O) groups is 4. The predicted molar refractivity (Wildman–Crippen MR) is 164 cm³/mol. The summed E-state index contributed by atoms with van der Waals surface area (Å²) in [5, 5.41) is 37.3. The summed E-state index contributed by atoms with van der Waals surface area (Å²) in [7, 11) is 0. The van der Waals surface area contributed by atoms with E-state index in [1.807, 2.05) is 0 Å². The molecule has 0 aromatic carbocycles. The minimum Gasteiger partial charge on any atom is -0.477 e. The summed E-state index contributed by atoms with van der Waals surface area (Å²) < 4.78 is 11.1. The number of carbonyl (C=O) groups excluding carboxylic acids is 2. The normalized spacial score (nSPS) is 29.9. The average molecular weight is 707 g/mol. The fraction of sp³-hybridized carbons (Fsp3) is 0.667. The number of hydrogen-bond acceptors (Lipinski definition) is 10. The molecule has 0 aromatic rings. The Morgan fingerprint density at radius 3 is 1.24 bits per heavy atom. The maximum absolute atomic E-state index is 12.0. The van der Waals surface area contributed by atoms with Crippen molar-refractivity contribution in [2.45, 2.75) is 74.7 Å². The van der Waals surface area contributed by atoms with Gasteiger partial charge >= 0.3 is 11.9 Å².